The zero-order chi connectivity index (χ0) is 6.41. The Kier molecular flexibility index (Phi) is 6.93. The van der Waals surface area contributed by atoms with Gasteiger partial charge in [0.05, 0.1) is 0 Å². The molecule has 0 saturated heterocycles. The summed E-state index contributed by atoms with van der Waals surface area (Å²) in [6, 6.07) is 0.123. The van der Waals surface area contributed by atoms with Crippen LogP contribution >= 0.6 is 30.4 Å². The molecule has 0 N–H and O–H groups in total. The lowest BCUT2D eigenvalue weighted by Crippen LogP contribution is -1.77. The van der Waals surface area contributed by atoms with Crippen molar-refractivity contribution in [3.63, 3.8) is 0 Å². The highest BCUT2D eigenvalue weighted by Gasteiger charge is 2.10. The second kappa shape index (κ2) is 6.14. The Labute approximate surface area is 63.6 Å². The SMILES string of the molecule is S=[P+](OCCl)OCCl. The summed E-state index contributed by atoms with van der Waals surface area (Å²) in [4.78, 5) is 0. The van der Waals surface area contributed by atoms with E-state index in [9.17, 15) is 0 Å². The predicted molar refractivity (Wildman–Crippen MR) is 37.9 cm³/mol. The lowest BCUT2D eigenvalue weighted by molar-refractivity contribution is 0.332. The van der Waals surface area contributed by atoms with Gasteiger partial charge in [-0.15, -0.1) is 9.05 Å². The summed E-state index contributed by atoms with van der Waals surface area (Å²) in [6.45, 7) is 0. The second-order valence-corrected chi connectivity index (χ2v) is 2.99. The van der Waals surface area contributed by atoms with Gasteiger partial charge < -0.3 is 0 Å². The minimum Gasteiger partial charge on any atom is -0.126 e. The summed E-state index contributed by atoms with van der Waals surface area (Å²) in [5.41, 5.74) is 0. The van der Waals surface area contributed by atoms with E-state index in [2.05, 4.69) is 20.9 Å². The average Bonchev–Trinajstić information content (AvgIpc) is 1.68. The predicted octanol–water partition coefficient (Wildman–Crippen LogP) is 2.19. The molecular weight excluding hydrogens is 190 g/mol. The molecule has 0 spiro atoms. The first-order valence-electron chi connectivity index (χ1n) is 1.66. The van der Waals surface area contributed by atoms with E-state index in [1.165, 1.54) is 0 Å². The van der Waals surface area contributed by atoms with Crippen molar-refractivity contribution < 1.29 is 9.05 Å². The Morgan fingerprint density at radius 1 is 1.25 bits per heavy atom. The Bertz CT molecular complexity index is 72.4. The van der Waals surface area contributed by atoms with Crippen molar-refractivity contribution in [1.82, 2.24) is 0 Å². The van der Waals surface area contributed by atoms with Crippen LogP contribution in [0.25, 0.3) is 0 Å². The van der Waals surface area contributed by atoms with Crippen LogP contribution in [0.5, 0.6) is 0 Å². The standard InChI is InChI=1S/C2H4Cl2O2PS/c3-1-5-7(8)6-2-4/h1-2H2/q+1. The molecule has 0 unspecified atom stereocenters. The number of halogens is 2. The molecule has 0 rings (SSSR count). The van der Waals surface area contributed by atoms with Crippen LogP contribution in [-0.4, -0.2) is 12.1 Å². The molecule has 0 heterocycles. The summed E-state index contributed by atoms with van der Waals surface area (Å²) in [7, 11) is -1.26. The van der Waals surface area contributed by atoms with Gasteiger partial charge in [-0.1, -0.05) is 23.2 Å². The van der Waals surface area contributed by atoms with Gasteiger partial charge in [-0.2, -0.15) is 0 Å². The van der Waals surface area contributed by atoms with Crippen LogP contribution in [0.2, 0.25) is 0 Å². The fourth-order valence-corrected chi connectivity index (χ4v) is 1.55. The molecule has 0 aromatic rings. The van der Waals surface area contributed by atoms with E-state index in [1.807, 2.05) is 0 Å². The van der Waals surface area contributed by atoms with E-state index in [4.69, 9.17) is 23.2 Å². The molecule has 0 atom stereocenters. The number of hydrogen-bond acceptors (Lipinski definition) is 3. The number of hydrogen-bond donors (Lipinski definition) is 0. The zero-order valence-corrected chi connectivity index (χ0v) is 7.06. The number of rotatable bonds is 4. The largest absolute Gasteiger partial charge is 0.524 e. The van der Waals surface area contributed by atoms with Gasteiger partial charge in [0.2, 0.25) is 11.8 Å². The van der Waals surface area contributed by atoms with E-state index in [-0.39, 0.29) is 12.1 Å². The van der Waals surface area contributed by atoms with Gasteiger partial charge in [0, 0.05) is 0 Å². The summed E-state index contributed by atoms with van der Waals surface area (Å²) in [6.07, 6.45) is 0. The molecule has 0 aromatic carbocycles. The van der Waals surface area contributed by atoms with Crippen molar-refractivity contribution in [2.45, 2.75) is 0 Å². The normalized spacial score (nSPS) is 9.25. The molecule has 0 radical (unpaired) electrons. The van der Waals surface area contributed by atoms with Gasteiger partial charge in [-0.25, -0.2) is 0 Å². The lowest BCUT2D eigenvalue weighted by Gasteiger charge is -1.80. The third-order valence-corrected chi connectivity index (χ3v) is 2.14. The Morgan fingerprint density at radius 2 is 1.62 bits per heavy atom. The van der Waals surface area contributed by atoms with Crippen molar-refractivity contribution in [2.75, 3.05) is 12.1 Å². The fourth-order valence-electron chi connectivity index (χ4n) is 0.117. The van der Waals surface area contributed by atoms with E-state index in [0.717, 1.165) is 0 Å². The van der Waals surface area contributed by atoms with Gasteiger partial charge in [0.15, 0.2) is 12.1 Å². The Morgan fingerprint density at radius 3 is 1.88 bits per heavy atom. The van der Waals surface area contributed by atoms with Crippen molar-refractivity contribution in [3.05, 3.63) is 0 Å². The molecule has 0 aromatic heterocycles. The topological polar surface area (TPSA) is 18.5 Å². The molecule has 0 bridgehead atoms. The molecule has 0 aliphatic rings. The highest BCUT2D eigenvalue weighted by Crippen LogP contribution is 2.24. The zero-order valence-electron chi connectivity index (χ0n) is 3.84. The van der Waals surface area contributed by atoms with E-state index < -0.39 is 7.15 Å². The molecule has 6 heteroatoms. The minimum absolute atomic E-state index is 0.0616. The quantitative estimate of drug-likeness (QED) is 0.504. The van der Waals surface area contributed by atoms with Gasteiger partial charge in [-0.3, -0.25) is 0 Å². The third kappa shape index (κ3) is 5.16. The maximum atomic E-state index is 5.14. The second-order valence-electron chi connectivity index (χ2n) is 0.700. The Balaban J connectivity index is 3.06. The van der Waals surface area contributed by atoms with Gasteiger partial charge in [0.1, 0.15) is 0 Å². The number of alkyl halides is 2. The van der Waals surface area contributed by atoms with E-state index in [0.29, 0.717) is 0 Å². The summed E-state index contributed by atoms with van der Waals surface area (Å²) in [5.74, 6) is 0. The van der Waals surface area contributed by atoms with Crippen LogP contribution in [0.4, 0.5) is 0 Å². The smallest absolute Gasteiger partial charge is 0.126 e. The molecule has 0 saturated carbocycles. The van der Waals surface area contributed by atoms with Gasteiger partial charge in [-0.05, 0) is 0 Å². The first-order valence-corrected chi connectivity index (χ1v) is 4.92. The molecule has 0 aliphatic heterocycles. The van der Waals surface area contributed by atoms with Crippen molar-refractivity contribution in [3.8, 4) is 0 Å². The van der Waals surface area contributed by atoms with Crippen molar-refractivity contribution in [2.24, 2.45) is 0 Å². The van der Waals surface area contributed by atoms with Crippen LogP contribution in [0, 0.1) is 0 Å². The third-order valence-electron chi connectivity index (χ3n) is 0.308. The van der Waals surface area contributed by atoms with Gasteiger partial charge >= 0.3 is 7.15 Å². The summed E-state index contributed by atoms with van der Waals surface area (Å²) >= 11 is 14.9. The molecule has 48 valence electrons. The highest BCUT2D eigenvalue weighted by atomic mass is 35.5. The highest BCUT2D eigenvalue weighted by molar-refractivity contribution is 8.00. The molecule has 0 amide bonds. The monoisotopic (exact) mass is 193 g/mol. The van der Waals surface area contributed by atoms with Crippen molar-refractivity contribution in [1.29, 1.82) is 0 Å². The molecule has 0 aliphatic carbocycles. The lowest BCUT2D eigenvalue weighted by atomic mass is 11.7. The maximum Gasteiger partial charge on any atom is 0.524 e. The van der Waals surface area contributed by atoms with E-state index in [1.54, 1.807) is 0 Å². The van der Waals surface area contributed by atoms with Crippen LogP contribution in [-0.2, 0) is 20.9 Å². The fraction of sp³-hybridized carbons (Fsp3) is 1.00. The molecular formula is C2H4Cl2O2PS+. The molecule has 8 heavy (non-hydrogen) atoms. The van der Waals surface area contributed by atoms with Gasteiger partial charge in [0.25, 0.3) is 0 Å². The summed E-state index contributed by atoms with van der Waals surface area (Å²) in [5, 5.41) is 0. The summed E-state index contributed by atoms with van der Waals surface area (Å²) < 4.78 is 9.24. The van der Waals surface area contributed by atoms with E-state index >= 15 is 0 Å². The van der Waals surface area contributed by atoms with Crippen LogP contribution in [0.15, 0.2) is 0 Å². The minimum atomic E-state index is -1.26. The maximum absolute atomic E-state index is 5.14. The van der Waals surface area contributed by atoms with Crippen LogP contribution < -0.4 is 0 Å². The molecule has 0 fully saturated rings. The van der Waals surface area contributed by atoms with Crippen molar-refractivity contribution >= 4 is 42.2 Å². The Hall–Kier alpha value is 1.02. The van der Waals surface area contributed by atoms with Crippen LogP contribution in [0.1, 0.15) is 0 Å². The van der Waals surface area contributed by atoms with Crippen LogP contribution in [0.3, 0.4) is 0 Å². The first kappa shape index (κ1) is 9.02. The molecule has 2 nitrogen and oxygen atoms in total. The first-order chi connectivity index (χ1) is 3.81. The average molecular weight is 194 g/mol.